The van der Waals surface area contributed by atoms with E-state index < -0.39 is 0 Å². The van der Waals surface area contributed by atoms with Gasteiger partial charge in [-0.3, -0.25) is 4.68 Å². The van der Waals surface area contributed by atoms with Crippen LogP contribution in [0.1, 0.15) is 42.2 Å². The van der Waals surface area contributed by atoms with E-state index in [4.69, 9.17) is 21.8 Å². The third kappa shape index (κ3) is 2.31. The molecule has 2 aromatic rings. The average molecular weight is 268 g/mol. The van der Waals surface area contributed by atoms with E-state index in [1.807, 2.05) is 24.6 Å². The van der Waals surface area contributed by atoms with Crippen molar-refractivity contribution in [2.45, 2.75) is 39.8 Å². The molecule has 1 unspecified atom stereocenters. The van der Waals surface area contributed by atoms with E-state index in [1.54, 1.807) is 6.20 Å². The first kappa shape index (κ1) is 13.2. The molecule has 0 aliphatic carbocycles. The van der Waals surface area contributed by atoms with Crippen molar-refractivity contribution in [3.05, 3.63) is 40.1 Å². The van der Waals surface area contributed by atoms with Crippen LogP contribution in [0.25, 0.3) is 0 Å². The highest BCUT2D eigenvalue weighted by atomic mass is 35.5. The second-order valence-electron chi connectivity index (χ2n) is 4.45. The quantitative estimate of drug-likeness (QED) is 0.925. The van der Waals surface area contributed by atoms with Crippen molar-refractivity contribution < 1.29 is 4.42 Å². The number of aromatic nitrogens is 2. The lowest BCUT2D eigenvalue weighted by molar-refractivity contribution is 0.497. The van der Waals surface area contributed by atoms with Gasteiger partial charge in [0.05, 0.1) is 23.0 Å². The van der Waals surface area contributed by atoms with Gasteiger partial charge in [-0.05, 0) is 26.3 Å². The predicted octanol–water partition coefficient (Wildman–Crippen LogP) is 3.20. The predicted molar refractivity (Wildman–Crippen MR) is 71.7 cm³/mol. The second-order valence-corrected chi connectivity index (χ2v) is 4.85. The highest BCUT2D eigenvalue weighted by Gasteiger charge is 2.21. The van der Waals surface area contributed by atoms with Crippen molar-refractivity contribution >= 4 is 11.6 Å². The van der Waals surface area contributed by atoms with Crippen LogP contribution in [-0.4, -0.2) is 9.78 Å². The molecule has 0 aliphatic heterocycles. The molecule has 98 valence electrons. The fourth-order valence-corrected chi connectivity index (χ4v) is 2.44. The Morgan fingerprint density at radius 2 is 2.22 bits per heavy atom. The van der Waals surface area contributed by atoms with Crippen LogP contribution in [0.3, 0.4) is 0 Å². The van der Waals surface area contributed by atoms with E-state index in [9.17, 15) is 0 Å². The van der Waals surface area contributed by atoms with Gasteiger partial charge in [0.2, 0.25) is 0 Å². The van der Waals surface area contributed by atoms with Crippen molar-refractivity contribution in [2.75, 3.05) is 0 Å². The third-order valence-corrected chi connectivity index (χ3v) is 3.27. The molecule has 2 heterocycles. The third-order valence-electron chi connectivity index (χ3n) is 2.98. The summed E-state index contributed by atoms with van der Waals surface area (Å²) in [6, 6.07) is 1.66. The number of nitrogens with two attached hydrogens (primary N) is 1. The van der Waals surface area contributed by atoms with Gasteiger partial charge in [-0.15, -0.1) is 0 Å². The monoisotopic (exact) mass is 267 g/mol. The van der Waals surface area contributed by atoms with E-state index >= 15 is 0 Å². The molecule has 1 atom stereocenters. The molecule has 0 radical (unpaired) electrons. The van der Waals surface area contributed by atoms with Crippen molar-refractivity contribution in [2.24, 2.45) is 5.73 Å². The minimum Gasteiger partial charge on any atom is -0.466 e. The summed E-state index contributed by atoms with van der Waals surface area (Å²) in [6.45, 7) is 6.73. The Kier molecular flexibility index (Phi) is 3.78. The minimum absolute atomic E-state index is 0.302. The Morgan fingerprint density at radius 3 is 2.78 bits per heavy atom. The van der Waals surface area contributed by atoms with Crippen LogP contribution in [0.15, 0.2) is 16.7 Å². The Bertz CT molecular complexity index is 544. The lowest BCUT2D eigenvalue weighted by Crippen LogP contribution is -2.18. The number of aryl methyl sites for hydroxylation is 3. The molecular formula is C13H18ClN3O. The molecule has 0 spiro atoms. The molecule has 18 heavy (non-hydrogen) atoms. The van der Waals surface area contributed by atoms with Gasteiger partial charge in [-0.25, -0.2) is 0 Å². The topological polar surface area (TPSA) is 57.0 Å². The van der Waals surface area contributed by atoms with E-state index in [2.05, 4.69) is 12.0 Å². The van der Waals surface area contributed by atoms with Crippen LogP contribution in [0, 0.1) is 13.8 Å². The first-order valence-corrected chi connectivity index (χ1v) is 6.46. The van der Waals surface area contributed by atoms with Crippen LogP contribution < -0.4 is 5.73 Å². The van der Waals surface area contributed by atoms with Crippen molar-refractivity contribution in [1.82, 2.24) is 9.78 Å². The molecule has 0 saturated heterocycles. The summed E-state index contributed by atoms with van der Waals surface area (Å²) >= 11 is 6.19. The Morgan fingerprint density at radius 1 is 1.50 bits per heavy atom. The maximum absolute atomic E-state index is 6.30. The number of furan rings is 1. The lowest BCUT2D eigenvalue weighted by Gasteiger charge is -2.14. The first-order valence-electron chi connectivity index (χ1n) is 6.08. The van der Waals surface area contributed by atoms with E-state index in [-0.39, 0.29) is 6.04 Å². The Labute approximate surface area is 112 Å². The summed E-state index contributed by atoms with van der Waals surface area (Å²) in [5, 5.41) is 4.87. The summed E-state index contributed by atoms with van der Waals surface area (Å²) in [4.78, 5) is 0. The van der Waals surface area contributed by atoms with Gasteiger partial charge in [0.25, 0.3) is 0 Å². The van der Waals surface area contributed by atoms with Crippen LogP contribution in [0.2, 0.25) is 5.02 Å². The van der Waals surface area contributed by atoms with E-state index in [1.165, 1.54) is 0 Å². The van der Waals surface area contributed by atoms with Gasteiger partial charge in [0, 0.05) is 12.1 Å². The molecule has 0 bridgehead atoms. The Hall–Kier alpha value is -1.26. The van der Waals surface area contributed by atoms with Crippen LogP contribution in [-0.2, 0) is 6.54 Å². The van der Waals surface area contributed by atoms with Gasteiger partial charge >= 0.3 is 0 Å². The van der Waals surface area contributed by atoms with Gasteiger partial charge in [0.1, 0.15) is 11.5 Å². The van der Waals surface area contributed by atoms with Gasteiger partial charge < -0.3 is 10.2 Å². The van der Waals surface area contributed by atoms with Gasteiger partial charge in [-0.1, -0.05) is 18.5 Å². The summed E-state index contributed by atoms with van der Waals surface area (Å²) in [5.41, 5.74) is 8.12. The standard InChI is InChI=1S/C13H18ClN3O/c1-4-5-17-13(11(14)7-16-17)12(15)10-6-8(2)18-9(10)3/h6-7,12H,4-5,15H2,1-3H3. The van der Waals surface area contributed by atoms with Crippen molar-refractivity contribution in [3.63, 3.8) is 0 Å². The van der Waals surface area contributed by atoms with Crippen molar-refractivity contribution in [3.8, 4) is 0 Å². The number of hydrogen-bond acceptors (Lipinski definition) is 3. The molecule has 0 aromatic carbocycles. The fourth-order valence-electron chi connectivity index (χ4n) is 2.18. The normalized spacial score (nSPS) is 12.9. The Balaban J connectivity index is 2.42. The molecule has 0 aliphatic rings. The number of halogens is 1. The summed E-state index contributed by atoms with van der Waals surface area (Å²) in [6.07, 6.45) is 2.63. The van der Waals surface area contributed by atoms with E-state index in [0.29, 0.717) is 5.02 Å². The van der Waals surface area contributed by atoms with Crippen LogP contribution in [0.4, 0.5) is 0 Å². The zero-order valence-corrected chi connectivity index (χ0v) is 11.7. The molecule has 2 rings (SSSR count). The highest BCUT2D eigenvalue weighted by Crippen LogP contribution is 2.29. The maximum atomic E-state index is 6.30. The molecule has 0 saturated carbocycles. The molecule has 5 heteroatoms. The summed E-state index contributed by atoms with van der Waals surface area (Å²) in [5.74, 6) is 1.69. The van der Waals surface area contributed by atoms with Gasteiger partial charge in [0.15, 0.2) is 0 Å². The smallest absolute Gasteiger partial charge is 0.106 e. The zero-order chi connectivity index (χ0) is 13.3. The fraction of sp³-hybridized carbons (Fsp3) is 0.462. The van der Waals surface area contributed by atoms with Crippen molar-refractivity contribution in [1.29, 1.82) is 0 Å². The van der Waals surface area contributed by atoms with E-state index in [0.717, 1.165) is 35.7 Å². The molecule has 2 aromatic heterocycles. The first-order chi connectivity index (χ1) is 8.54. The largest absolute Gasteiger partial charge is 0.466 e. The minimum atomic E-state index is -0.302. The number of rotatable bonds is 4. The second kappa shape index (κ2) is 5.16. The zero-order valence-electron chi connectivity index (χ0n) is 10.9. The highest BCUT2D eigenvalue weighted by molar-refractivity contribution is 6.31. The molecule has 0 amide bonds. The number of hydrogen-bond donors (Lipinski definition) is 1. The molecular weight excluding hydrogens is 250 g/mol. The summed E-state index contributed by atoms with van der Waals surface area (Å²) < 4.78 is 7.39. The summed E-state index contributed by atoms with van der Waals surface area (Å²) in [7, 11) is 0. The van der Waals surface area contributed by atoms with Crippen LogP contribution in [0.5, 0.6) is 0 Å². The number of nitrogens with zero attached hydrogens (tertiary/aromatic N) is 2. The molecule has 2 N–H and O–H groups in total. The van der Waals surface area contributed by atoms with Gasteiger partial charge in [-0.2, -0.15) is 5.10 Å². The SMILES string of the molecule is CCCn1ncc(Cl)c1C(N)c1cc(C)oc1C. The lowest BCUT2D eigenvalue weighted by atomic mass is 10.1. The van der Waals surface area contributed by atoms with Crippen LogP contribution >= 0.6 is 11.6 Å². The average Bonchev–Trinajstić information content (AvgIpc) is 2.82. The molecule has 0 fully saturated rings. The maximum Gasteiger partial charge on any atom is 0.106 e. The molecule has 4 nitrogen and oxygen atoms in total.